The zero-order valence-electron chi connectivity index (χ0n) is 11.0. The molecule has 2 rings (SSSR count). The number of sulfonamides is 1. The highest BCUT2D eigenvalue weighted by atomic mass is 32.2. The first-order valence-electron chi connectivity index (χ1n) is 6.92. The molecule has 1 aliphatic heterocycles. The lowest BCUT2D eigenvalue weighted by Crippen LogP contribution is -2.45. The summed E-state index contributed by atoms with van der Waals surface area (Å²) in [6.07, 6.45) is 4.35. The third-order valence-corrected chi connectivity index (χ3v) is 5.26. The van der Waals surface area contributed by atoms with E-state index in [9.17, 15) is 13.2 Å². The molecule has 2 N–H and O–H groups in total. The van der Waals surface area contributed by atoms with Crippen molar-refractivity contribution in [3.05, 3.63) is 0 Å². The molecule has 0 unspecified atom stereocenters. The Kier molecular flexibility index (Phi) is 4.81. The van der Waals surface area contributed by atoms with Crippen LogP contribution in [0.5, 0.6) is 0 Å². The number of hydrogen-bond acceptors (Lipinski definition) is 4. The lowest BCUT2D eigenvalue weighted by atomic mass is 10.1. The monoisotopic (exact) mass is 290 g/mol. The number of hydrogen-bond donors (Lipinski definition) is 2. The van der Waals surface area contributed by atoms with Gasteiger partial charge in [-0.05, 0) is 45.2 Å². The fourth-order valence-electron chi connectivity index (χ4n) is 2.55. The minimum atomic E-state index is -3.33. The van der Waals surface area contributed by atoms with E-state index in [-0.39, 0.29) is 24.6 Å². The van der Waals surface area contributed by atoms with Crippen LogP contribution >= 0.6 is 0 Å². The van der Waals surface area contributed by atoms with Crippen LogP contribution in [0.4, 0.5) is 0 Å². The molecule has 1 aliphatic carbocycles. The largest absolute Gasteiger partial charge is 0.481 e. The van der Waals surface area contributed by atoms with Crippen LogP contribution in [0.1, 0.15) is 38.5 Å². The molecule has 1 heterocycles. The Morgan fingerprint density at radius 2 is 1.84 bits per heavy atom. The van der Waals surface area contributed by atoms with Crippen molar-refractivity contribution in [3.63, 3.8) is 0 Å². The molecule has 1 saturated carbocycles. The van der Waals surface area contributed by atoms with Crippen molar-refractivity contribution in [2.45, 2.75) is 50.6 Å². The third-order valence-electron chi connectivity index (χ3n) is 3.74. The lowest BCUT2D eigenvalue weighted by molar-refractivity contribution is -0.137. The van der Waals surface area contributed by atoms with Gasteiger partial charge in [-0.2, -0.15) is 0 Å². The number of aliphatic carboxylic acids is 1. The van der Waals surface area contributed by atoms with Crippen molar-refractivity contribution < 1.29 is 18.3 Å². The standard InChI is InChI=1S/C12H22N2O4S/c15-12(16)2-1-9-19(17,18)13-10-5-7-14(8-6-10)11-3-4-11/h10-11,13H,1-9H2,(H,15,16). The van der Waals surface area contributed by atoms with Crippen LogP contribution in [0, 0.1) is 0 Å². The molecule has 0 bridgehead atoms. The van der Waals surface area contributed by atoms with E-state index in [0.717, 1.165) is 32.0 Å². The molecule has 7 heteroatoms. The number of carboxylic acids is 1. The second-order valence-electron chi connectivity index (χ2n) is 5.48. The summed E-state index contributed by atoms with van der Waals surface area (Å²) >= 11 is 0. The van der Waals surface area contributed by atoms with Crippen LogP contribution in [-0.4, -0.2) is 55.3 Å². The zero-order valence-corrected chi connectivity index (χ0v) is 11.9. The van der Waals surface area contributed by atoms with Gasteiger partial charge in [0.15, 0.2) is 0 Å². The molecule has 2 fully saturated rings. The predicted octanol–water partition coefficient (Wildman–Crippen LogP) is 0.397. The Morgan fingerprint density at radius 1 is 1.21 bits per heavy atom. The van der Waals surface area contributed by atoms with E-state index >= 15 is 0 Å². The molecule has 0 aromatic rings. The molecule has 0 aromatic heterocycles. The van der Waals surface area contributed by atoms with Crippen molar-refractivity contribution in [3.8, 4) is 0 Å². The van der Waals surface area contributed by atoms with Gasteiger partial charge in [0.05, 0.1) is 5.75 Å². The Labute approximate surface area is 114 Å². The SMILES string of the molecule is O=C(O)CCCS(=O)(=O)NC1CCN(C2CC2)CC1. The molecule has 0 spiro atoms. The van der Waals surface area contributed by atoms with Crippen LogP contribution in [0.3, 0.4) is 0 Å². The second kappa shape index (κ2) is 6.19. The predicted molar refractivity (Wildman–Crippen MR) is 71.4 cm³/mol. The maximum Gasteiger partial charge on any atom is 0.303 e. The number of nitrogens with zero attached hydrogens (tertiary/aromatic N) is 1. The summed E-state index contributed by atoms with van der Waals surface area (Å²) in [4.78, 5) is 12.8. The summed E-state index contributed by atoms with van der Waals surface area (Å²) < 4.78 is 26.3. The molecule has 110 valence electrons. The van der Waals surface area contributed by atoms with Crippen molar-refractivity contribution >= 4 is 16.0 Å². The number of nitrogens with one attached hydrogen (secondary N) is 1. The quantitative estimate of drug-likeness (QED) is 0.708. The Morgan fingerprint density at radius 3 is 2.37 bits per heavy atom. The van der Waals surface area contributed by atoms with E-state index < -0.39 is 16.0 Å². The number of carbonyl (C=O) groups is 1. The van der Waals surface area contributed by atoms with Crippen molar-refractivity contribution in [2.24, 2.45) is 0 Å². The van der Waals surface area contributed by atoms with Gasteiger partial charge in [-0.15, -0.1) is 0 Å². The number of carboxylic acid groups (broad SMARTS) is 1. The van der Waals surface area contributed by atoms with E-state index in [1.54, 1.807) is 0 Å². The van der Waals surface area contributed by atoms with E-state index in [1.165, 1.54) is 12.8 Å². The summed E-state index contributed by atoms with van der Waals surface area (Å²) in [5.74, 6) is -1.05. The highest BCUT2D eigenvalue weighted by molar-refractivity contribution is 7.89. The minimum absolute atomic E-state index is 0.0184. The van der Waals surface area contributed by atoms with E-state index in [1.807, 2.05) is 0 Å². The van der Waals surface area contributed by atoms with Crippen LogP contribution in [-0.2, 0) is 14.8 Å². The average Bonchev–Trinajstić information content (AvgIpc) is 3.12. The van der Waals surface area contributed by atoms with Gasteiger partial charge in [0, 0.05) is 18.5 Å². The van der Waals surface area contributed by atoms with Gasteiger partial charge in [0.2, 0.25) is 10.0 Å². The van der Waals surface area contributed by atoms with Crippen LogP contribution in [0.25, 0.3) is 0 Å². The molecule has 19 heavy (non-hydrogen) atoms. The first kappa shape index (κ1) is 14.7. The number of piperidine rings is 1. The summed E-state index contributed by atoms with van der Waals surface area (Å²) in [6, 6.07) is 0.762. The smallest absolute Gasteiger partial charge is 0.303 e. The molecule has 1 saturated heterocycles. The Hall–Kier alpha value is -0.660. The number of rotatable bonds is 7. The van der Waals surface area contributed by atoms with Gasteiger partial charge >= 0.3 is 5.97 Å². The summed E-state index contributed by atoms with van der Waals surface area (Å²) in [5.41, 5.74) is 0. The van der Waals surface area contributed by atoms with Crippen LogP contribution < -0.4 is 4.72 Å². The Balaban J connectivity index is 1.69. The van der Waals surface area contributed by atoms with Gasteiger partial charge < -0.3 is 10.0 Å². The van der Waals surface area contributed by atoms with Gasteiger partial charge in [-0.25, -0.2) is 13.1 Å². The maximum absolute atomic E-state index is 11.8. The molecule has 0 amide bonds. The molecule has 0 atom stereocenters. The average molecular weight is 290 g/mol. The molecular formula is C12H22N2O4S. The molecule has 2 aliphatic rings. The summed E-state index contributed by atoms with van der Waals surface area (Å²) in [7, 11) is -3.33. The first-order chi connectivity index (χ1) is 8.96. The lowest BCUT2D eigenvalue weighted by Gasteiger charge is -2.32. The summed E-state index contributed by atoms with van der Waals surface area (Å²) in [6.45, 7) is 1.93. The van der Waals surface area contributed by atoms with Crippen molar-refractivity contribution in [1.29, 1.82) is 0 Å². The fourth-order valence-corrected chi connectivity index (χ4v) is 3.93. The van der Waals surface area contributed by atoms with Crippen LogP contribution in [0.2, 0.25) is 0 Å². The highest BCUT2D eigenvalue weighted by Gasteiger charge is 2.32. The Bertz CT molecular complexity index is 411. The first-order valence-corrected chi connectivity index (χ1v) is 8.57. The van der Waals surface area contributed by atoms with Gasteiger partial charge in [-0.3, -0.25) is 4.79 Å². The summed E-state index contributed by atoms with van der Waals surface area (Å²) in [5, 5.41) is 8.50. The topological polar surface area (TPSA) is 86.7 Å². The van der Waals surface area contributed by atoms with Gasteiger partial charge in [-0.1, -0.05) is 0 Å². The molecule has 0 aromatic carbocycles. The van der Waals surface area contributed by atoms with Crippen molar-refractivity contribution in [2.75, 3.05) is 18.8 Å². The van der Waals surface area contributed by atoms with E-state index in [4.69, 9.17) is 5.11 Å². The van der Waals surface area contributed by atoms with Gasteiger partial charge in [0.1, 0.15) is 0 Å². The van der Waals surface area contributed by atoms with Crippen LogP contribution in [0.15, 0.2) is 0 Å². The minimum Gasteiger partial charge on any atom is -0.481 e. The fraction of sp³-hybridized carbons (Fsp3) is 0.917. The van der Waals surface area contributed by atoms with E-state index in [2.05, 4.69) is 9.62 Å². The van der Waals surface area contributed by atoms with E-state index in [0.29, 0.717) is 0 Å². The number of likely N-dealkylation sites (tertiary alicyclic amines) is 1. The molecular weight excluding hydrogens is 268 g/mol. The third kappa shape index (κ3) is 5.08. The normalized spacial score (nSPS) is 22.5. The van der Waals surface area contributed by atoms with Gasteiger partial charge in [0.25, 0.3) is 0 Å². The second-order valence-corrected chi connectivity index (χ2v) is 7.35. The zero-order chi connectivity index (χ0) is 13.9. The highest BCUT2D eigenvalue weighted by Crippen LogP contribution is 2.29. The van der Waals surface area contributed by atoms with Crippen molar-refractivity contribution in [1.82, 2.24) is 9.62 Å². The molecule has 0 radical (unpaired) electrons. The molecule has 6 nitrogen and oxygen atoms in total. The maximum atomic E-state index is 11.8.